The molecule has 0 N–H and O–H groups in total. The van der Waals surface area contributed by atoms with Gasteiger partial charge in [-0.3, -0.25) is 0 Å². The van der Waals surface area contributed by atoms with Crippen LogP contribution >= 0.6 is 0 Å². The number of hydrogen-bond donors (Lipinski definition) is 0. The molecule has 0 saturated heterocycles. The van der Waals surface area contributed by atoms with Gasteiger partial charge in [0.25, 0.3) is 0 Å². The van der Waals surface area contributed by atoms with Gasteiger partial charge in [0.05, 0.1) is 0 Å². The van der Waals surface area contributed by atoms with Crippen molar-refractivity contribution in [3.8, 4) is 167 Å². The van der Waals surface area contributed by atoms with Gasteiger partial charge in [0.1, 0.15) is 0 Å². The second-order valence-electron chi connectivity index (χ2n) is 31.7. The lowest BCUT2D eigenvalue weighted by Crippen LogP contribution is -1.89. The summed E-state index contributed by atoms with van der Waals surface area (Å²) in [5.41, 5.74) is 44.3. The van der Waals surface area contributed by atoms with E-state index in [0.29, 0.717) is 0 Å². The molecule has 20 aromatic carbocycles. The van der Waals surface area contributed by atoms with E-state index in [9.17, 15) is 0 Å². The zero-order chi connectivity index (χ0) is 85.3. The first-order chi connectivity index (χ1) is 61.6. The second-order valence-corrected chi connectivity index (χ2v) is 31.7. The van der Waals surface area contributed by atoms with Gasteiger partial charge in [0, 0.05) is 0 Å². The highest BCUT2D eigenvalue weighted by atomic mass is 14.2. The quantitative estimate of drug-likeness (QED) is 0.0960. The lowest BCUT2D eigenvalue weighted by atomic mass is 9.89. The first-order valence-electron chi connectivity index (χ1n) is 43.2. The van der Waals surface area contributed by atoms with Crippen molar-refractivity contribution in [1.82, 2.24) is 0 Å². The smallest absolute Gasteiger partial charge is 0.00992 e. The van der Waals surface area contributed by atoms with E-state index in [1.165, 1.54) is 195 Å². The summed E-state index contributed by atoms with van der Waals surface area (Å²) in [6, 6.07) is 183. The molecule has 0 aromatic heterocycles. The van der Waals surface area contributed by atoms with Gasteiger partial charge >= 0.3 is 0 Å². The molecule has 125 heavy (non-hydrogen) atoms. The van der Waals surface area contributed by atoms with Gasteiger partial charge in [-0.25, -0.2) is 0 Å². The summed E-state index contributed by atoms with van der Waals surface area (Å²) in [7, 11) is 0. The van der Waals surface area contributed by atoms with Gasteiger partial charge in [0.15, 0.2) is 0 Å². The standard InChI is InChI=1S/5C25H20/c1-19-15-17-21(18-16-19)23-12-6-8-14-25(23)24-13-7-5-11-22(24)20-9-3-2-4-10-20;1-19-9-7-13-22(17-19)24-15-5-6-16-25(24)23-14-8-12-21(18-23)20-10-3-2-4-11-20;1-19-9-5-6-16-25(19)24-15-8-14-23(18-24)22-13-7-12-21(17-22)20-10-3-2-4-11-20;1-19-10-5-6-15-23(19)21-13-9-14-22(18-21)25-17-8-7-16-24(25)20-11-3-2-4-12-20;1-19-14-16-21(17-15-19)24-12-5-6-13-25(24)23-11-7-10-22(18-23)20-8-3-2-4-9-20/h5*2-18H,1H3. The van der Waals surface area contributed by atoms with Crippen molar-refractivity contribution in [2.75, 3.05) is 0 Å². The highest BCUT2D eigenvalue weighted by Crippen LogP contribution is 2.42. The number of aryl methyl sites for hydroxylation is 5. The lowest BCUT2D eigenvalue weighted by Gasteiger charge is -2.14. The predicted molar refractivity (Wildman–Crippen MR) is 537 cm³/mol. The zero-order valence-electron chi connectivity index (χ0n) is 71.6. The molecule has 20 aromatic rings. The van der Waals surface area contributed by atoms with Crippen LogP contribution in [0.25, 0.3) is 167 Å². The Morgan fingerprint density at radius 1 is 0.0880 bits per heavy atom. The van der Waals surface area contributed by atoms with E-state index in [1.807, 2.05) is 0 Å². The molecule has 0 fully saturated rings. The Kier molecular flexibility index (Phi) is 27.3. The van der Waals surface area contributed by atoms with Crippen LogP contribution in [0.1, 0.15) is 27.8 Å². The Labute approximate surface area is 739 Å². The van der Waals surface area contributed by atoms with E-state index in [1.54, 1.807) is 0 Å². The van der Waals surface area contributed by atoms with E-state index in [0.717, 1.165) is 0 Å². The Morgan fingerprint density at radius 2 is 0.256 bits per heavy atom. The van der Waals surface area contributed by atoms with E-state index >= 15 is 0 Å². The van der Waals surface area contributed by atoms with Crippen molar-refractivity contribution in [3.63, 3.8) is 0 Å². The summed E-state index contributed by atoms with van der Waals surface area (Å²) in [6.45, 7) is 10.7. The molecular formula is C125H100. The molecule has 0 bridgehead atoms. The van der Waals surface area contributed by atoms with Crippen molar-refractivity contribution >= 4 is 0 Å². The maximum atomic E-state index is 2.30. The number of rotatable bonds is 15. The Bertz CT molecular complexity index is 6890. The number of benzene rings is 20. The Balaban J connectivity index is 0.000000115. The second kappa shape index (κ2) is 41.1. The average molecular weight is 1600 g/mol. The molecule has 0 atom stereocenters. The van der Waals surface area contributed by atoms with Gasteiger partial charge in [-0.2, -0.15) is 0 Å². The first-order valence-corrected chi connectivity index (χ1v) is 43.2. The molecule has 0 heteroatoms. The van der Waals surface area contributed by atoms with Crippen LogP contribution in [-0.2, 0) is 0 Å². The maximum Gasteiger partial charge on any atom is -0.00992 e. The highest BCUT2D eigenvalue weighted by molar-refractivity contribution is 5.93. The van der Waals surface area contributed by atoms with Crippen LogP contribution in [0.4, 0.5) is 0 Å². The SMILES string of the molecule is Cc1ccc(-c2ccccc2-c2cccc(-c3ccccc3)c2)cc1.Cc1ccc(-c2ccccc2-c2ccccc2-c2ccccc2)cc1.Cc1cccc(-c2ccccc2-c2cccc(-c3ccccc3)c2)c1.Cc1ccccc1-c1cccc(-c2cccc(-c3ccccc3)c2)c1.Cc1ccccc1-c1cccc(-c2ccccc2-c2ccccc2)c1. The van der Waals surface area contributed by atoms with Crippen molar-refractivity contribution in [2.24, 2.45) is 0 Å². The summed E-state index contributed by atoms with van der Waals surface area (Å²) in [5.74, 6) is 0. The third-order valence-electron chi connectivity index (χ3n) is 23.0. The van der Waals surface area contributed by atoms with Crippen LogP contribution < -0.4 is 0 Å². The molecule has 0 saturated carbocycles. The largest absolute Gasteiger partial charge is 0.0622 e. The first kappa shape index (κ1) is 83.1. The minimum Gasteiger partial charge on any atom is -0.0622 e. The molecule has 0 spiro atoms. The van der Waals surface area contributed by atoms with Crippen LogP contribution in [-0.4, -0.2) is 0 Å². The third kappa shape index (κ3) is 21.1. The maximum absolute atomic E-state index is 2.30. The average Bonchev–Trinajstić information content (AvgIpc) is 0.867. The Hall–Kier alpha value is -15.6. The minimum atomic E-state index is 1.25. The van der Waals surface area contributed by atoms with E-state index in [2.05, 4.69) is 550 Å². The molecule has 0 aliphatic heterocycles. The van der Waals surface area contributed by atoms with Crippen LogP contribution in [0.5, 0.6) is 0 Å². The third-order valence-corrected chi connectivity index (χ3v) is 23.0. The van der Waals surface area contributed by atoms with Gasteiger partial charge in [0.2, 0.25) is 0 Å². The van der Waals surface area contributed by atoms with Crippen molar-refractivity contribution in [3.05, 3.63) is 543 Å². The molecule has 0 unspecified atom stereocenters. The molecule has 600 valence electrons. The fraction of sp³-hybridized carbons (Fsp3) is 0.0400. The van der Waals surface area contributed by atoms with Crippen LogP contribution in [0, 0.1) is 34.6 Å². The fourth-order valence-corrected chi connectivity index (χ4v) is 16.4. The molecule has 0 aliphatic rings. The summed E-state index contributed by atoms with van der Waals surface area (Å²) >= 11 is 0. The summed E-state index contributed by atoms with van der Waals surface area (Å²) < 4.78 is 0. The van der Waals surface area contributed by atoms with Gasteiger partial charge in [-0.05, 0) is 243 Å². The monoisotopic (exact) mass is 1600 g/mol. The van der Waals surface area contributed by atoms with E-state index in [4.69, 9.17) is 0 Å². The number of hydrogen-bond acceptors (Lipinski definition) is 0. The fourth-order valence-electron chi connectivity index (χ4n) is 16.4. The summed E-state index contributed by atoms with van der Waals surface area (Å²) in [4.78, 5) is 0. The molecule has 0 aliphatic carbocycles. The molecule has 0 heterocycles. The van der Waals surface area contributed by atoms with Crippen LogP contribution in [0.2, 0.25) is 0 Å². The topological polar surface area (TPSA) is 0 Å². The van der Waals surface area contributed by atoms with Crippen LogP contribution in [0.15, 0.2) is 516 Å². The van der Waals surface area contributed by atoms with Gasteiger partial charge < -0.3 is 0 Å². The van der Waals surface area contributed by atoms with Crippen molar-refractivity contribution < 1.29 is 0 Å². The molecular weight excluding hydrogens is 1500 g/mol. The van der Waals surface area contributed by atoms with E-state index in [-0.39, 0.29) is 0 Å². The molecule has 0 radical (unpaired) electrons. The lowest BCUT2D eigenvalue weighted by molar-refractivity contribution is 1.46. The van der Waals surface area contributed by atoms with Gasteiger partial charge in [-0.15, -0.1) is 0 Å². The minimum absolute atomic E-state index is 1.25. The Morgan fingerprint density at radius 3 is 0.536 bits per heavy atom. The highest BCUT2D eigenvalue weighted by Gasteiger charge is 2.16. The van der Waals surface area contributed by atoms with Crippen molar-refractivity contribution in [1.29, 1.82) is 0 Å². The van der Waals surface area contributed by atoms with Crippen molar-refractivity contribution in [2.45, 2.75) is 34.6 Å². The normalized spacial score (nSPS) is 10.6. The molecule has 20 rings (SSSR count). The summed E-state index contributed by atoms with van der Waals surface area (Å²) in [6.07, 6.45) is 0. The van der Waals surface area contributed by atoms with Gasteiger partial charge in [-0.1, -0.05) is 502 Å². The molecule has 0 amide bonds. The predicted octanol–water partition coefficient (Wildman–Crippen LogP) is 35.0. The van der Waals surface area contributed by atoms with Crippen LogP contribution in [0.3, 0.4) is 0 Å². The zero-order valence-corrected chi connectivity index (χ0v) is 71.6. The molecule has 0 nitrogen and oxygen atoms in total. The summed E-state index contributed by atoms with van der Waals surface area (Å²) in [5, 5.41) is 0. The van der Waals surface area contributed by atoms with E-state index < -0.39 is 0 Å².